The van der Waals surface area contributed by atoms with Crippen molar-refractivity contribution in [1.82, 2.24) is 0 Å². The zero-order chi connectivity index (χ0) is 15.2. The van der Waals surface area contributed by atoms with E-state index in [1.807, 2.05) is 13.8 Å². The maximum atomic E-state index is 12.8. The summed E-state index contributed by atoms with van der Waals surface area (Å²) in [6, 6.07) is 4.16. The number of ether oxygens (including phenoxy) is 2. The van der Waals surface area contributed by atoms with Crippen LogP contribution in [0.5, 0.6) is 0 Å². The Morgan fingerprint density at radius 3 is 2.25 bits per heavy atom. The van der Waals surface area contributed by atoms with Crippen LogP contribution in [-0.4, -0.2) is 26.0 Å². The van der Waals surface area contributed by atoms with Crippen molar-refractivity contribution < 1.29 is 22.6 Å². The van der Waals surface area contributed by atoms with Gasteiger partial charge in [0.25, 0.3) is 0 Å². The highest BCUT2D eigenvalue weighted by molar-refractivity contribution is 5.49. The molecule has 1 aromatic rings. The third kappa shape index (κ3) is 5.02. The van der Waals surface area contributed by atoms with E-state index in [4.69, 9.17) is 9.47 Å². The minimum Gasteiger partial charge on any atom is -0.380 e. The van der Waals surface area contributed by atoms with Crippen LogP contribution in [0.4, 0.5) is 18.9 Å². The highest BCUT2D eigenvalue weighted by Gasteiger charge is 2.32. The molecule has 0 saturated carbocycles. The lowest BCUT2D eigenvalue weighted by Crippen LogP contribution is -2.26. The second-order valence-electron chi connectivity index (χ2n) is 4.25. The molecule has 20 heavy (non-hydrogen) atoms. The first-order chi connectivity index (χ1) is 9.38. The number of nitrogens with one attached hydrogen (secondary N) is 1. The molecule has 0 saturated heterocycles. The van der Waals surface area contributed by atoms with E-state index in [0.29, 0.717) is 25.4 Å². The predicted octanol–water partition coefficient (Wildman–Crippen LogP) is 3.82. The number of alkyl halides is 3. The summed E-state index contributed by atoms with van der Waals surface area (Å²) in [5.41, 5.74) is -0.0339. The molecule has 0 aliphatic rings. The summed E-state index contributed by atoms with van der Waals surface area (Å²) in [4.78, 5) is 0. The molecule has 0 heterocycles. The van der Waals surface area contributed by atoms with Gasteiger partial charge >= 0.3 is 6.18 Å². The summed E-state index contributed by atoms with van der Waals surface area (Å²) >= 11 is 0. The monoisotopic (exact) mass is 291 g/mol. The molecule has 0 bridgehead atoms. The van der Waals surface area contributed by atoms with E-state index in [0.717, 1.165) is 6.07 Å². The Kier molecular flexibility index (Phi) is 6.29. The summed E-state index contributed by atoms with van der Waals surface area (Å²) in [6.45, 7) is 6.36. The first-order valence-corrected chi connectivity index (χ1v) is 6.53. The first kappa shape index (κ1) is 16.8. The Balaban J connectivity index is 2.73. The van der Waals surface area contributed by atoms with Gasteiger partial charge in [0.2, 0.25) is 0 Å². The molecule has 0 amide bonds. The number of aryl methyl sites for hydroxylation is 1. The lowest BCUT2D eigenvalue weighted by atomic mass is 10.1. The van der Waals surface area contributed by atoms with Crippen molar-refractivity contribution in [2.45, 2.75) is 33.2 Å². The highest BCUT2D eigenvalue weighted by Crippen LogP contribution is 2.33. The van der Waals surface area contributed by atoms with Gasteiger partial charge < -0.3 is 14.8 Å². The standard InChI is InChI=1S/C14H20F3NO2/c1-4-19-13(20-5-2)9-18-11-7-6-10(3)12(8-11)14(15,16)17/h6-8,13,18H,4-5,9H2,1-3H3. The van der Waals surface area contributed by atoms with Crippen LogP contribution in [0.3, 0.4) is 0 Å². The van der Waals surface area contributed by atoms with Gasteiger partial charge in [-0.25, -0.2) is 0 Å². The van der Waals surface area contributed by atoms with E-state index in [1.165, 1.54) is 13.0 Å². The zero-order valence-corrected chi connectivity index (χ0v) is 11.9. The molecule has 1 rings (SSSR count). The summed E-state index contributed by atoms with van der Waals surface area (Å²) in [5, 5.41) is 2.90. The maximum Gasteiger partial charge on any atom is 0.416 e. The second kappa shape index (κ2) is 7.50. The van der Waals surface area contributed by atoms with Crippen molar-refractivity contribution in [1.29, 1.82) is 0 Å². The fourth-order valence-corrected chi connectivity index (χ4v) is 1.78. The SMILES string of the molecule is CCOC(CNc1ccc(C)c(C(F)(F)F)c1)OCC. The van der Waals surface area contributed by atoms with Gasteiger partial charge in [-0.15, -0.1) is 0 Å². The molecule has 0 atom stereocenters. The van der Waals surface area contributed by atoms with Gasteiger partial charge in [0.15, 0.2) is 6.29 Å². The van der Waals surface area contributed by atoms with Crippen LogP contribution in [0.2, 0.25) is 0 Å². The molecule has 3 nitrogen and oxygen atoms in total. The molecule has 0 radical (unpaired) electrons. The molecule has 0 unspecified atom stereocenters. The maximum absolute atomic E-state index is 12.8. The molecule has 0 aliphatic heterocycles. The molecule has 114 valence electrons. The Labute approximate surface area is 117 Å². The molecular formula is C14H20F3NO2. The van der Waals surface area contributed by atoms with E-state index in [9.17, 15) is 13.2 Å². The van der Waals surface area contributed by atoms with Crippen molar-refractivity contribution >= 4 is 5.69 Å². The molecule has 0 aromatic heterocycles. The van der Waals surface area contributed by atoms with Crippen LogP contribution >= 0.6 is 0 Å². The quantitative estimate of drug-likeness (QED) is 0.775. The van der Waals surface area contributed by atoms with E-state index in [2.05, 4.69) is 5.32 Å². The van der Waals surface area contributed by atoms with Crippen LogP contribution in [0.25, 0.3) is 0 Å². The number of rotatable bonds is 7. The number of anilines is 1. The highest BCUT2D eigenvalue weighted by atomic mass is 19.4. The Morgan fingerprint density at radius 2 is 1.75 bits per heavy atom. The minimum atomic E-state index is -4.35. The lowest BCUT2D eigenvalue weighted by Gasteiger charge is -2.19. The minimum absolute atomic E-state index is 0.203. The molecular weight excluding hydrogens is 271 g/mol. The van der Waals surface area contributed by atoms with Gasteiger partial charge in [-0.2, -0.15) is 13.2 Å². The third-order valence-corrected chi connectivity index (χ3v) is 2.72. The van der Waals surface area contributed by atoms with Gasteiger partial charge in [0.05, 0.1) is 12.1 Å². The van der Waals surface area contributed by atoms with E-state index >= 15 is 0 Å². The zero-order valence-electron chi connectivity index (χ0n) is 11.9. The normalized spacial score (nSPS) is 11.9. The molecule has 6 heteroatoms. The van der Waals surface area contributed by atoms with Crippen LogP contribution in [0.1, 0.15) is 25.0 Å². The van der Waals surface area contributed by atoms with E-state index in [-0.39, 0.29) is 5.56 Å². The van der Waals surface area contributed by atoms with Gasteiger partial charge in [0.1, 0.15) is 0 Å². The summed E-state index contributed by atoms with van der Waals surface area (Å²) in [7, 11) is 0. The summed E-state index contributed by atoms with van der Waals surface area (Å²) in [6.07, 6.45) is -4.82. The molecule has 1 N–H and O–H groups in total. The Hall–Kier alpha value is -1.27. The average Bonchev–Trinajstić information content (AvgIpc) is 2.36. The van der Waals surface area contributed by atoms with Crippen LogP contribution in [-0.2, 0) is 15.7 Å². The lowest BCUT2D eigenvalue weighted by molar-refractivity contribution is -0.138. The Bertz CT molecular complexity index is 415. The van der Waals surface area contributed by atoms with Crippen LogP contribution in [0, 0.1) is 6.92 Å². The van der Waals surface area contributed by atoms with E-state index < -0.39 is 18.0 Å². The van der Waals surface area contributed by atoms with Gasteiger partial charge in [-0.1, -0.05) is 6.07 Å². The molecule has 0 spiro atoms. The van der Waals surface area contributed by atoms with E-state index in [1.54, 1.807) is 6.07 Å². The van der Waals surface area contributed by atoms with Gasteiger partial charge in [-0.05, 0) is 38.5 Å². The van der Waals surface area contributed by atoms with Crippen molar-refractivity contribution in [2.75, 3.05) is 25.1 Å². The summed E-state index contributed by atoms with van der Waals surface area (Å²) < 4.78 is 49.0. The van der Waals surface area contributed by atoms with Crippen molar-refractivity contribution in [3.8, 4) is 0 Å². The number of halogens is 3. The van der Waals surface area contributed by atoms with Crippen LogP contribution in [0.15, 0.2) is 18.2 Å². The smallest absolute Gasteiger partial charge is 0.380 e. The van der Waals surface area contributed by atoms with Gasteiger partial charge in [-0.3, -0.25) is 0 Å². The molecule has 1 aromatic carbocycles. The van der Waals surface area contributed by atoms with Crippen molar-refractivity contribution in [3.63, 3.8) is 0 Å². The number of hydrogen-bond donors (Lipinski definition) is 1. The topological polar surface area (TPSA) is 30.5 Å². The fraction of sp³-hybridized carbons (Fsp3) is 0.571. The third-order valence-electron chi connectivity index (χ3n) is 2.72. The Morgan fingerprint density at radius 1 is 1.15 bits per heavy atom. The fourth-order valence-electron chi connectivity index (χ4n) is 1.78. The summed E-state index contributed by atoms with van der Waals surface area (Å²) in [5.74, 6) is 0. The second-order valence-corrected chi connectivity index (χ2v) is 4.25. The number of benzene rings is 1. The van der Waals surface area contributed by atoms with Gasteiger partial charge in [0, 0.05) is 18.9 Å². The average molecular weight is 291 g/mol. The molecule has 0 aliphatic carbocycles. The van der Waals surface area contributed by atoms with Crippen LogP contribution < -0.4 is 5.32 Å². The largest absolute Gasteiger partial charge is 0.416 e. The van der Waals surface area contributed by atoms with Crippen molar-refractivity contribution in [2.24, 2.45) is 0 Å². The first-order valence-electron chi connectivity index (χ1n) is 6.53. The number of hydrogen-bond acceptors (Lipinski definition) is 3. The predicted molar refractivity (Wildman–Crippen MR) is 71.7 cm³/mol. The van der Waals surface area contributed by atoms with Crippen molar-refractivity contribution in [3.05, 3.63) is 29.3 Å². The molecule has 0 fully saturated rings.